The summed E-state index contributed by atoms with van der Waals surface area (Å²) in [6.45, 7) is 5.89. The second-order valence-electron chi connectivity index (χ2n) is 4.56. The van der Waals surface area contributed by atoms with Crippen molar-refractivity contribution in [2.24, 2.45) is 0 Å². The molecule has 0 aliphatic carbocycles. The molecule has 0 saturated heterocycles. The summed E-state index contributed by atoms with van der Waals surface area (Å²) in [5.41, 5.74) is 3.31. The molecule has 0 amide bonds. The van der Waals surface area contributed by atoms with Crippen molar-refractivity contribution in [2.45, 2.75) is 20.8 Å². The summed E-state index contributed by atoms with van der Waals surface area (Å²) in [5, 5.41) is 0. The smallest absolute Gasteiger partial charge is 0.153 e. The first-order valence-electron chi connectivity index (χ1n) is 6.02. The van der Waals surface area contributed by atoms with E-state index in [1.54, 1.807) is 0 Å². The summed E-state index contributed by atoms with van der Waals surface area (Å²) in [6, 6.07) is 7.90. The Bertz CT molecular complexity index is 633. The number of hydrogen-bond acceptors (Lipinski definition) is 2. The van der Waals surface area contributed by atoms with Gasteiger partial charge in [0.05, 0.1) is 5.56 Å². The van der Waals surface area contributed by atoms with Crippen LogP contribution in [-0.4, -0.2) is 6.29 Å². The number of aryl methyl sites for hydroxylation is 2. The first-order chi connectivity index (χ1) is 9.02. The van der Waals surface area contributed by atoms with Crippen molar-refractivity contribution in [2.75, 3.05) is 0 Å². The van der Waals surface area contributed by atoms with E-state index in [1.807, 2.05) is 32.9 Å². The molecule has 0 spiro atoms. The van der Waals surface area contributed by atoms with Gasteiger partial charge >= 0.3 is 0 Å². The lowest BCUT2D eigenvalue weighted by molar-refractivity contribution is 0.112. The minimum Gasteiger partial charge on any atom is -0.456 e. The van der Waals surface area contributed by atoms with Gasteiger partial charge in [0.2, 0.25) is 0 Å². The van der Waals surface area contributed by atoms with Gasteiger partial charge in [0.15, 0.2) is 6.29 Å². The SMILES string of the molecule is Cc1ccc(C)c(Oc2ccc(F)cc2C=O)c1C. The van der Waals surface area contributed by atoms with Crippen molar-refractivity contribution in [1.29, 1.82) is 0 Å². The quantitative estimate of drug-likeness (QED) is 0.765. The zero-order valence-electron chi connectivity index (χ0n) is 11.2. The average molecular weight is 258 g/mol. The van der Waals surface area contributed by atoms with Crippen LogP contribution in [0.2, 0.25) is 0 Å². The monoisotopic (exact) mass is 258 g/mol. The third kappa shape index (κ3) is 2.65. The molecule has 0 aliphatic rings. The van der Waals surface area contributed by atoms with E-state index in [1.165, 1.54) is 18.2 Å². The van der Waals surface area contributed by atoms with Gasteiger partial charge in [0, 0.05) is 0 Å². The van der Waals surface area contributed by atoms with Gasteiger partial charge in [0.1, 0.15) is 17.3 Å². The molecule has 0 radical (unpaired) electrons. The van der Waals surface area contributed by atoms with Gasteiger partial charge in [-0.2, -0.15) is 0 Å². The third-order valence-corrected chi connectivity index (χ3v) is 3.18. The van der Waals surface area contributed by atoms with E-state index in [4.69, 9.17) is 4.74 Å². The standard InChI is InChI=1S/C16H15FO2/c1-10-4-5-11(2)16(12(10)3)19-15-7-6-14(17)8-13(15)9-18/h4-9H,1-3H3. The van der Waals surface area contributed by atoms with Gasteiger partial charge in [0.25, 0.3) is 0 Å². The highest BCUT2D eigenvalue weighted by Crippen LogP contribution is 2.32. The Morgan fingerprint density at radius 1 is 1.05 bits per heavy atom. The lowest BCUT2D eigenvalue weighted by Crippen LogP contribution is -1.96. The number of carbonyl (C=O) groups excluding carboxylic acids is 1. The van der Waals surface area contributed by atoms with Crippen molar-refractivity contribution in [1.82, 2.24) is 0 Å². The molecule has 3 heteroatoms. The van der Waals surface area contributed by atoms with Crippen molar-refractivity contribution in [3.8, 4) is 11.5 Å². The highest BCUT2D eigenvalue weighted by Gasteiger charge is 2.11. The summed E-state index contributed by atoms with van der Waals surface area (Å²) >= 11 is 0. The zero-order chi connectivity index (χ0) is 14.0. The molecule has 2 aromatic rings. The Morgan fingerprint density at radius 2 is 1.74 bits per heavy atom. The summed E-state index contributed by atoms with van der Waals surface area (Å²) < 4.78 is 18.9. The Balaban J connectivity index is 2.47. The predicted molar refractivity (Wildman–Crippen MR) is 72.5 cm³/mol. The van der Waals surface area contributed by atoms with Crippen LogP contribution in [0.1, 0.15) is 27.0 Å². The molecule has 2 aromatic carbocycles. The number of benzene rings is 2. The molecule has 0 heterocycles. The molecular formula is C16H15FO2. The van der Waals surface area contributed by atoms with Crippen LogP contribution in [0.25, 0.3) is 0 Å². The van der Waals surface area contributed by atoms with Crippen LogP contribution < -0.4 is 4.74 Å². The van der Waals surface area contributed by atoms with E-state index in [9.17, 15) is 9.18 Å². The van der Waals surface area contributed by atoms with Crippen LogP contribution >= 0.6 is 0 Å². The van der Waals surface area contributed by atoms with E-state index in [0.717, 1.165) is 22.4 Å². The number of hydrogen-bond donors (Lipinski definition) is 0. The first kappa shape index (κ1) is 13.3. The van der Waals surface area contributed by atoms with Crippen LogP contribution in [0.4, 0.5) is 4.39 Å². The largest absolute Gasteiger partial charge is 0.456 e. The molecule has 0 fully saturated rings. The molecule has 0 aliphatic heterocycles. The molecule has 0 saturated carbocycles. The summed E-state index contributed by atoms with van der Waals surface area (Å²) in [7, 11) is 0. The van der Waals surface area contributed by atoms with E-state index in [0.29, 0.717) is 12.0 Å². The molecule has 0 aromatic heterocycles. The van der Waals surface area contributed by atoms with Crippen LogP contribution in [-0.2, 0) is 0 Å². The summed E-state index contributed by atoms with van der Waals surface area (Å²) in [4.78, 5) is 11.0. The lowest BCUT2D eigenvalue weighted by atomic mass is 10.1. The molecular weight excluding hydrogens is 243 g/mol. The highest BCUT2D eigenvalue weighted by atomic mass is 19.1. The normalized spacial score (nSPS) is 10.3. The number of rotatable bonds is 3. The number of carbonyl (C=O) groups is 1. The minimum absolute atomic E-state index is 0.209. The Kier molecular flexibility index (Phi) is 3.65. The van der Waals surface area contributed by atoms with Crippen molar-refractivity contribution in [3.63, 3.8) is 0 Å². The van der Waals surface area contributed by atoms with Crippen molar-refractivity contribution in [3.05, 3.63) is 58.4 Å². The number of halogens is 1. The average Bonchev–Trinajstić information content (AvgIpc) is 2.40. The third-order valence-electron chi connectivity index (χ3n) is 3.18. The molecule has 0 bridgehead atoms. The Hall–Kier alpha value is -2.16. The highest BCUT2D eigenvalue weighted by molar-refractivity contribution is 5.79. The predicted octanol–water partition coefficient (Wildman–Crippen LogP) is 4.36. The molecule has 0 unspecified atom stereocenters. The van der Waals surface area contributed by atoms with Crippen molar-refractivity contribution >= 4 is 6.29 Å². The molecule has 2 rings (SSSR count). The topological polar surface area (TPSA) is 26.3 Å². The van der Waals surface area contributed by atoms with Gasteiger partial charge in [-0.15, -0.1) is 0 Å². The summed E-state index contributed by atoms with van der Waals surface area (Å²) in [5.74, 6) is 0.634. The first-order valence-corrected chi connectivity index (χ1v) is 6.02. The maximum absolute atomic E-state index is 13.1. The fourth-order valence-electron chi connectivity index (χ4n) is 1.90. The second-order valence-corrected chi connectivity index (χ2v) is 4.56. The maximum atomic E-state index is 13.1. The number of aldehydes is 1. The van der Waals surface area contributed by atoms with Gasteiger partial charge in [-0.1, -0.05) is 12.1 Å². The van der Waals surface area contributed by atoms with Crippen LogP contribution in [0.15, 0.2) is 30.3 Å². The van der Waals surface area contributed by atoms with E-state index in [2.05, 4.69) is 0 Å². The fourth-order valence-corrected chi connectivity index (χ4v) is 1.90. The zero-order valence-corrected chi connectivity index (χ0v) is 11.2. The fraction of sp³-hybridized carbons (Fsp3) is 0.188. The molecule has 0 N–H and O–H groups in total. The van der Waals surface area contributed by atoms with Crippen LogP contribution in [0.3, 0.4) is 0 Å². The summed E-state index contributed by atoms with van der Waals surface area (Å²) in [6.07, 6.45) is 0.596. The van der Waals surface area contributed by atoms with E-state index in [-0.39, 0.29) is 5.56 Å². The minimum atomic E-state index is -0.452. The van der Waals surface area contributed by atoms with Crippen LogP contribution in [0.5, 0.6) is 11.5 Å². The van der Waals surface area contributed by atoms with Gasteiger partial charge < -0.3 is 4.74 Å². The van der Waals surface area contributed by atoms with Gasteiger partial charge in [-0.25, -0.2) is 4.39 Å². The Labute approximate surface area is 111 Å². The van der Waals surface area contributed by atoms with Gasteiger partial charge in [-0.05, 0) is 55.7 Å². The second kappa shape index (κ2) is 5.22. The lowest BCUT2D eigenvalue weighted by Gasteiger charge is -2.14. The molecule has 0 atom stereocenters. The molecule has 98 valence electrons. The maximum Gasteiger partial charge on any atom is 0.153 e. The number of ether oxygens (including phenoxy) is 1. The Morgan fingerprint density at radius 3 is 2.42 bits per heavy atom. The van der Waals surface area contributed by atoms with Crippen molar-refractivity contribution < 1.29 is 13.9 Å². The van der Waals surface area contributed by atoms with Crippen LogP contribution in [0, 0.1) is 26.6 Å². The molecule has 19 heavy (non-hydrogen) atoms. The molecule has 2 nitrogen and oxygen atoms in total. The van der Waals surface area contributed by atoms with E-state index >= 15 is 0 Å². The van der Waals surface area contributed by atoms with Gasteiger partial charge in [-0.3, -0.25) is 4.79 Å². The van der Waals surface area contributed by atoms with E-state index < -0.39 is 5.82 Å².